The van der Waals surface area contributed by atoms with Gasteiger partial charge in [-0.25, -0.2) is 0 Å². The van der Waals surface area contributed by atoms with Gasteiger partial charge in [-0.15, -0.1) is 0 Å². The Hall–Kier alpha value is -3.13. The molecular formula is C26H31ClFN3O4. The molecule has 0 saturated carbocycles. The highest BCUT2D eigenvalue weighted by molar-refractivity contribution is 6.34. The number of fused-ring (bicyclic) bond motifs is 1. The number of primary amides is 1. The van der Waals surface area contributed by atoms with E-state index in [4.69, 9.17) is 22.1 Å². The van der Waals surface area contributed by atoms with Gasteiger partial charge >= 0.3 is 0 Å². The number of rotatable bonds is 8. The van der Waals surface area contributed by atoms with Gasteiger partial charge < -0.3 is 20.7 Å². The fraction of sp³-hybridized carbons (Fsp3) is 0.423. The molecule has 0 radical (unpaired) electrons. The molecule has 2 aromatic rings. The van der Waals surface area contributed by atoms with E-state index in [0.717, 1.165) is 5.56 Å². The molecule has 0 bridgehead atoms. The van der Waals surface area contributed by atoms with Gasteiger partial charge in [-0.1, -0.05) is 36.7 Å². The quantitative estimate of drug-likeness (QED) is 0.530. The molecule has 3 N–H and O–H groups in total. The van der Waals surface area contributed by atoms with Crippen LogP contribution in [0.2, 0.25) is 5.02 Å². The van der Waals surface area contributed by atoms with Crippen molar-refractivity contribution in [3.63, 3.8) is 0 Å². The Bertz CT molecular complexity index is 1120. The molecule has 3 amide bonds. The van der Waals surface area contributed by atoms with Crippen LogP contribution in [-0.4, -0.2) is 43.1 Å². The van der Waals surface area contributed by atoms with Crippen LogP contribution in [0.1, 0.15) is 49.5 Å². The molecule has 188 valence electrons. The highest BCUT2D eigenvalue weighted by Crippen LogP contribution is 2.38. The van der Waals surface area contributed by atoms with E-state index >= 15 is 0 Å². The number of carbonyl (C=O) groups excluding carboxylic acids is 3. The van der Waals surface area contributed by atoms with Gasteiger partial charge in [0, 0.05) is 18.7 Å². The lowest BCUT2D eigenvalue weighted by Gasteiger charge is -2.32. The molecule has 1 atom stereocenters. The fourth-order valence-corrected chi connectivity index (χ4v) is 4.21. The van der Waals surface area contributed by atoms with Gasteiger partial charge in [0.2, 0.25) is 11.8 Å². The number of amides is 3. The Balaban J connectivity index is 1.88. The number of nitrogens with zero attached hydrogens (tertiary/aromatic N) is 1. The van der Waals surface area contributed by atoms with Crippen molar-refractivity contribution in [3.05, 3.63) is 58.6 Å². The second-order valence-corrected chi connectivity index (χ2v) is 9.96. The van der Waals surface area contributed by atoms with Crippen LogP contribution >= 0.6 is 11.6 Å². The number of hydrogen-bond acceptors (Lipinski definition) is 4. The third-order valence-corrected chi connectivity index (χ3v) is 6.62. The summed E-state index contributed by atoms with van der Waals surface area (Å²) in [4.78, 5) is 40.2. The van der Waals surface area contributed by atoms with Gasteiger partial charge in [-0.3, -0.25) is 18.8 Å². The van der Waals surface area contributed by atoms with Crippen molar-refractivity contribution in [2.45, 2.75) is 45.6 Å². The second-order valence-electron chi connectivity index (χ2n) is 9.55. The van der Waals surface area contributed by atoms with E-state index in [1.165, 1.54) is 0 Å². The predicted molar refractivity (Wildman–Crippen MR) is 134 cm³/mol. The molecule has 0 spiro atoms. The van der Waals surface area contributed by atoms with Crippen LogP contribution in [0.3, 0.4) is 0 Å². The van der Waals surface area contributed by atoms with Crippen molar-refractivity contribution >= 4 is 35.0 Å². The van der Waals surface area contributed by atoms with E-state index in [2.05, 4.69) is 5.32 Å². The second kappa shape index (κ2) is 10.6. The van der Waals surface area contributed by atoms with Gasteiger partial charge in [-0.2, -0.15) is 0 Å². The highest BCUT2D eigenvalue weighted by atomic mass is 35.5. The van der Waals surface area contributed by atoms with E-state index in [9.17, 15) is 18.8 Å². The minimum atomic E-state index is -1.21. The van der Waals surface area contributed by atoms with Crippen molar-refractivity contribution in [1.29, 1.82) is 0 Å². The van der Waals surface area contributed by atoms with Crippen molar-refractivity contribution in [3.8, 4) is 5.75 Å². The number of anilines is 1. The van der Waals surface area contributed by atoms with Crippen molar-refractivity contribution < 1.29 is 23.5 Å². The van der Waals surface area contributed by atoms with Crippen LogP contribution < -0.4 is 20.7 Å². The number of hydrogen-bond donors (Lipinski definition) is 2. The lowest BCUT2D eigenvalue weighted by atomic mass is 9.79. The highest BCUT2D eigenvalue weighted by Gasteiger charge is 2.41. The van der Waals surface area contributed by atoms with Gasteiger partial charge in [0.15, 0.2) is 0 Å². The molecule has 2 aromatic carbocycles. The number of para-hydroxylation sites is 1. The Morgan fingerprint density at radius 1 is 1.23 bits per heavy atom. The average Bonchev–Trinajstić information content (AvgIpc) is 2.95. The lowest BCUT2D eigenvalue weighted by molar-refractivity contribution is -0.136. The third-order valence-electron chi connectivity index (χ3n) is 6.30. The molecule has 35 heavy (non-hydrogen) atoms. The van der Waals surface area contributed by atoms with Gasteiger partial charge in [0.05, 0.1) is 29.3 Å². The molecule has 1 heterocycles. The summed E-state index contributed by atoms with van der Waals surface area (Å²) in [6.45, 7) is 4.94. The van der Waals surface area contributed by atoms with Gasteiger partial charge in [0.25, 0.3) is 5.91 Å². The molecular weight excluding hydrogens is 473 g/mol. The molecule has 1 aliphatic heterocycles. The first kappa shape index (κ1) is 26.5. The average molecular weight is 504 g/mol. The number of nitrogens with one attached hydrogen (secondary N) is 1. The lowest BCUT2D eigenvalue weighted by Crippen LogP contribution is -2.57. The van der Waals surface area contributed by atoms with Crippen LogP contribution in [0.15, 0.2) is 42.5 Å². The summed E-state index contributed by atoms with van der Waals surface area (Å²) in [5.41, 5.74) is 5.17. The molecule has 1 aliphatic rings. The first-order chi connectivity index (χ1) is 16.5. The van der Waals surface area contributed by atoms with Crippen LogP contribution in [0.25, 0.3) is 0 Å². The number of nitrogens with two attached hydrogens (primary N) is 1. The molecule has 9 heteroatoms. The zero-order valence-corrected chi connectivity index (χ0v) is 21.0. The molecule has 0 saturated heterocycles. The normalized spacial score (nSPS) is 17.8. The molecule has 0 fully saturated rings. The van der Waals surface area contributed by atoms with Crippen LogP contribution in [0.4, 0.5) is 10.1 Å². The predicted octanol–water partition coefficient (Wildman–Crippen LogP) is 4.06. The topological polar surface area (TPSA) is 102 Å². The third kappa shape index (κ3) is 5.93. The Kier molecular flexibility index (Phi) is 8.05. The monoisotopic (exact) mass is 503 g/mol. The molecule has 3 rings (SSSR count). The van der Waals surface area contributed by atoms with Crippen LogP contribution in [0, 0.1) is 5.41 Å². The van der Waals surface area contributed by atoms with E-state index in [1.807, 2.05) is 31.2 Å². The Morgan fingerprint density at radius 3 is 2.60 bits per heavy atom. The molecule has 0 aromatic heterocycles. The minimum Gasteiger partial charge on any atom is -0.493 e. The molecule has 0 aliphatic carbocycles. The number of benzene rings is 2. The number of carbonyl (C=O) groups is 3. The van der Waals surface area contributed by atoms with E-state index < -0.39 is 23.5 Å². The maximum absolute atomic E-state index is 13.6. The summed E-state index contributed by atoms with van der Waals surface area (Å²) < 4.78 is 17.8. The van der Waals surface area contributed by atoms with Crippen LogP contribution in [-0.2, 0) is 16.0 Å². The van der Waals surface area contributed by atoms with Crippen molar-refractivity contribution in [2.24, 2.45) is 11.1 Å². The summed E-state index contributed by atoms with van der Waals surface area (Å²) >= 11 is 6.42. The first-order valence-electron chi connectivity index (χ1n) is 11.5. The van der Waals surface area contributed by atoms with Gasteiger partial charge in [0.1, 0.15) is 11.3 Å². The summed E-state index contributed by atoms with van der Waals surface area (Å²) in [5, 5.41) is 2.98. The largest absolute Gasteiger partial charge is 0.493 e. The van der Waals surface area contributed by atoms with E-state index in [0.29, 0.717) is 29.8 Å². The molecule has 1 unspecified atom stereocenters. The van der Waals surface area contributed by atoms with E-state index in [-0.39, 0.29) is 36.4 Å². The SMILES string of the molecule is CC1(C(=O)NC(C)(C)C(N)=O)CCN(C(=O)c2ccc(OCCCF)cc2Cl)c2ccccc2C1. The standard InChI is InChI=1S/C26H31ClFN3O4/c1-25(2,23(29)33)30-24(34)26(3)11-13-31(21-8-5-4-7-17(21)16-26)22(32)19-10-9-18(15-20(19)27)35-14-6-12-28/h4-5,7-10,15H,6,11-14,16H2,1-3H3,(H2,29,33)(H,30,34). The zero-order chi connectivity index (χ0) is 25.8. The number of alkyl halides is 1. The summed E-state index contributed by atoms with van der Waals surface area (Å²) in [5.74, 6) is -0.789. The Morgan fingerprint density at radius 2 is 1.94 bits per heavy atom. The minimum absolute atomic E-state index is 0.215. The van der Waals surface area contributed by atoms with Crippen LogP contribution in [0.5, 0.6) is 5.75 Å². The smallest absolute Gasteiger partial charge is 0.259 e. The summed E-state index contributed by atoms with van der Waals surface area (Å²) in [6, 6.07) is 12.2. The summed E-state index contributed by atoms with van der Waals surface area (Å²) in [7, 11) is 0. The van der Waals surface area contributed by atoms with E-state index in [1.54, 1.807) is 36.9 Å². The molecule has 7 nitrogen and oxygen atoms in total. The first-order valence-corrected chi connectivity index (χ1v) is 11.9. The summed E-state index contributed by atoms with van der Waals surface area (Å²) in [6.07, 6.45) is 1.00. The van der Waals surface area contributed by atoms with Gasteiger partial charge in [-0.05, 0) is 56.5 Å². The van der Waals surface area contributed by atoms with Crippen molar-refractivity contribution in [1.82, 2.24) is 5.32 Å². The maximum Gasteiger partial charge on any atom is 0.259 e. The number of ether oxygens (including phenoxy) is 1. The van der Waals surface area contributed by atoms with Crippen molar-refractivity contribution in [2.75, 3.05) is 24.7 Å². The Labute approximate surface area is 209 Å². The maximum atomic E-state index is 13.6. The zero-order valence-electron chi connectivity index (χ0n) is 20.2. The number of halogens is 2. The fourth-order valence-electron chi connectivity index (χ4n) is 3.96.